The molecule has 0 radical (unpaired) electrons. The van der Waals surface area contributed by atoms with Crippen LogP contribution in [-0.4, -0.2) is 34.3 Å². The van der Waals surface area contributed by atoms with Gasteiger partial charge in [-0.1, -0.05) is 66.2 Å². The lowest BCUT2D eigenvalue weighted by Gasteiger charge is -2.11. The normalized spacial score (nSPS) is 14.0. The lowest BCUT2D eigenvalue weighted by molar-refractivity contribution is -0.114. The van der Waals surface area contributed by atoms with Gasteiger partial charge in [-0.2, -0.15) is 15.2 Å². The minimum Gasteiger partial charge on any atom is -0.497 e. The Kier molecular flexibility index (Phi) is 7.52. The molecule has 7 heteroatoms. The number of aromatic nitrogens is 2. The van der Waals surface area contributed by atoms with E-state index in [1.165, 1.54) is 10.6 Å². The van der Waals surface area contributed by atoms with Crippen LogP contribution in [0.25, 0.3) is 23.0 Å². The Hall–Kier alpha value is -4.88. The van der Waals surface area contributed by atoms with Crippen LogP contribution < -0.4 is 9.75 Å². The Morgan fingerprint density at radius 3 is 2.27 bits per heavy atom. The quantitative estimate of drug-likeness (QED) is 0.147. The highest BCUT2D eigenvalue weighted by atomic mass is 32.2. The highest BCUT2D eigenvalue weighted by molar-refractivity contribution is 8.00. The van der Waals surface area contributed by atoms with Crippen molar-refractivity contribution in [3.05, 3.63) is 132 Å². The number of methoxy groups -OCH3 is 1. The second kappa shape index (κ2) is 11.7. The number of benzene rings is 4. The Balaban J connectivity index is 1.44. The molecule has 0 unspecified atom stereocenters. The van der Waals surface area contributed by atoms with Crippen molar-refractivity contribution >= 4 is 35.1 Å². The van der Waals surface area contributed by atoms with E-state index in [2.05, 4.69) is 31.2 Å². The number of aryl methyl sites for hydroxylation is 1. The number of rotatable bonds is 8. The lowest BCUT2D eigenvalue weighted by Crippen LogP contribution is -2.21. The minimum absolute atomic E-state index is 0.167. The molecule has 1 aromatic heterocycles. The van der Waals surface area contributed by atoms with Gasteiger partial charge in [0.15, 0.2) is 0 Å². The van der Waals surface area contributed by atoms with Crippen LogP contribution in [0.15, 0.2) is 131 Å². The van der Waals surface area contributed by atoms with Crippen LogP contribution in [0.4, 0.5) is 5.69 Å². The lowest BCUT2D eigenvalue weighted by atomic mass is 10.0. The largest absolute Gasteiger partial charge is 0.497 e. The third-order valence-electron chi connectivity index (χ3n) is 6.76. The van der Waals surface area contributed by atoms with Crippen molar-refractivity contribution in [3.8, 4) is 22.7 Å². The molecular weight excluding hydrogens is 528 g/mol. The Labute approximate surface area is 243 Å². The topological polar surface area (TPSA) is 59.7 Å². The summed E-state index contributed by atoms with van der Waals surface area (Å²) in [6.07, 6.45) is 3.88. The van der Waals surface area contributed by atoms with Gasteiger partial charge in [-0.05, 0) is 61.5 Å². The van der Waals surface area contributed by atoms with Crippen LogP contribution in [0.1, 0.15) is 11.1 Å². The van der Waals surface area contributed by atoms with Crippen LogP contribution in [0, 0.1) is 6.92 Å². The summed E-state index contributed by atoms with van der Waals surface area (Å²) in [5.74, 6) is 1.12. The molecular formula is C34H28N4O2S. The maximum absolute atomic E-state index is 13.9. The molecule has 2 heterocycles. The molecule has 202 valence electrons. The van der Waals surface area contributed by atoms with E-state index in [-0.39, 0.29) is 5.91 Å². The summed E-state index contributed by atoms with van der Waals surface area (Å²) in [6.45, 7) is 2.07. The Bertz CT molecular complexity index is 1740. The van der Waals surface area contributed by atoms with Crippen LogP contribution in [0.3, 0.4) is 0 Å². The molecule has 0 N–H and O–H groups in total. The van der Waals surface area contributed by atoms with Crippen molar-refractivity contribution in [2.24, 2.45) is 5.10 Å². The van der Waals surface area contributed by atoms with Crippen molar-refractivity contribution in [2.45, 2.75) is 11.8 Å². The molecule has 0 spiro atoms. The fourth-order valence-corrected chi connectivity index (χ4v) is 5.44. The van der Waals surface area contributed by atoms with Crippen LogP contribution in [0.5, 0.6) is 5.75 Å². The van der Waals surface area contributed by atoms with Gasteiger partial charge in [-0.3, -0.25) is 4.79 Å². The van der Waals surface area contributed by atoms with E-state index in [4.69, 9.17) is 14.9 Å². The van der Waals surface area contributed by atoms with Crippen molar-refractivity contribution in [1.29, 1.82) is 0 Å². The zero-order valence-electron chi connectivity index (χ0n) is 22.8. The maximum Gasteiger partial charge on any atom is 0.280 e. The minimum atomic E-state index is -0.167. The van der Waals surface area contributed by atoms with Gasteiger partial charge in [0.2, 0.25) is 0 Å². The molecule has 1 amide bonds. The van der Waals surface area contributed by atoms with Crippen molar-refractivity contribution in [1.82, 2.24) is 9.78 Å². The van der Waals surface area contributed by atoms with E-state index in [0.29, 0.717) is 17.0 Å². The number of amides is 1. The number of anilines is 1. The fraction of sp³-hybridized carbons (Fsp3) is 0.0882. The van der Waals surface area contributed by atoms with Gasteiger partial charge in [0, 0.05) is 28.0 Å². The van der Waals surface area contributed by atoms with E-state index < -0.39 is 0 Å². The number of nitrogens with zero attached hydrogens (tertiary/aromatic N) is 4. The summed E-state index contributed by atoms with van der Waals surface area (Å²) in [7, 11) is 1.65. The Morgan fingerprint density at radius 1 is 0.854 bits per heavy atom. The summed E-state index contributed by atoms with van der Waals surface area (Å²) in [5, 5.41) is 11.2. The molecule has 0 saturated heterocycles. The molecule has 1 aliphatic rings. The number of hydrogen-bond acceptors (Lipinski definition) is 5. The van der Waals surface area contributed by atoms with Crippen molar-refractivity contribution in [3.63, 3.8) is 0 Å². The first-order valence-corrected chi connectivity index (χ1v) is 14.3. The maximum atomic E-state index is 13.9. The first-order chi connectivity index (χ1) is 20.1. The third kappa shape index (κ3) is 5.71. The fourth-order valence-electron chi connectivity index (χ4n) is 4.60. The number of para-hydroxylation sites is 2. The third-order valence-corrected chi connectivity index (χ3v) is 7.78. The van der Waals surface area contributed by atoms with E-state index in [1.807, 2.05) is 102 Å². The van der Waals surface area contributed by atoms with E-state index in [9.17, 15) is 4.79 Å². The van der Waals surface area contributed by atoms with Crippen molar-refractivity contribution < 1.29 is 9.53 Å². The monoisotopic (exact) mass is 556 g/mol. The highest BCUT2D eigenvalue weighted by Crippen LogP contribution is 2.32. The summed E-state index contributed by atoms with van der Waals surface area (Å²) >= 11 is 1.66. The molecule has 0 aliphatic carbocycles. The van der Waals surface area contributed by atoms with Gasteiger partial charge < -0.3 is 4.74 Å². The number of hydrogen-bond donors (Lipinski definition) is 0. The Morgan fingerprint density at radius 2 is 1.56 bits per heavy atom. The van der Waals surface area contributed by atoms with E-state index in [1.54, 1.807) is 18.9 Å². The first-order valence-electron chi connectivity index (χ1n) is 13.3. The molecule has 0 atom stereocenters. The SMILES string of the molecule is COc1cccc(-c2nn(-c3ccccc3)cc2/C=C2\C(=O)N(c3ccccc3)N=C2CSc2ccc(C)cc2)c1. The van der Waals surface area contributed by atoms with Gasteiger partial charge in [-0.15, -0.1) is 11.8 Å². The van der Waals surface area contributed by atoms with Gasteiger partial charge in [-0.25, -0.2) is 4.68 Å². The summed E-state index contributed by atoms with van der Waals surface area (Å²) in [6, 6.07) is 35.6. The molecule has 4 aromatic carbocycles. The van der Waals surface area contributed by atoms with E-state index in [0.717, 1.165) is 38.8 Å². The number of ether oxygens (including phenoxy) is 1. The van der Waals surface area contributed by atoms with Crippen LogP contribution in [-0.2, 0) is 4.79 Å². The van der Waals surface area contributed by atoms with Crippen molar-refractivity contribution in [2.75, 3.05) is 17.9 Å². The summed E-state index contributed by atoms with van der Waals surface area (Å²) in [4.78, 5) is 15.0. The number of thioether (sulfide) groups is 1. The van der Waals surface area contributed by atoms with Gasteiger partial charge in [0.1, 0.15) is 11.4 Å². The second-order valence-electron chi connectivity index (χ2n) is 9.60. The standard InChI is InChI=1S/C34H28N4O2S/c1-24-16-18-30(19-17-24)41-23-32-31(34(39)38(35-32)28-13-7-4-8-14-28)21-26-22-37(27-11-5-3-6-12-27)36-33(26)25-10-9-15-29(20-25)40-2/h3-22H,23H2,1-2H3/b31-21-. The molecule has 6 nitrogen and oxygen atoms in total. The molecule has 0 bridgehead atoms. The number of carbonyl (C=O) groups is 1. The predicted molar refractivity (Wildman–Crippen MR) is 167 cm³/mol. The molecule has 41 heavy (non-hydrogen) atoms. The molecule has 0 fully saturated rings. The highest BCUT2D eigenvalue weighted by Gasteiger charge is 2.31. The van der Waals surface area contributed by atoms with Gasteiger partial charge in [0.25, 0.3) is 5.91 Å². The van der Waals surface area contributed by atoms with Gasteiger partial charge >= 0.3 is 0 Å². The number of carbonyl (C=O) groups excluding carboxylic acids is 1. The van der Waals surface area contributed by atoms with E-state index >= 15 is 0 Å². The molecule has 1 aliphatic heterocycles. The number of hydrazone groups is 1. The van der Waals surface area contributed by atoms with Crippen LogP contribution in [0.2, 0.25) is 0 Å². The van der Waals surface area contributed by atoms with Crippen LogP contribution >= 0.6 is 11.8 Å². The molecule has 0 saturated carbocycles. The summed E-state index contributed by atoms with van der Waals surface area (Å²) in [5.41, 5.74) is 6.58. The zero-order valence-corrected chi connectivity index (χ0v) is 23.6. The molecule has 6 rings (SSSR count). The zero-order chi connectivity index (χ0) is 28.2. The summed E-state index contributed by atoms with van der Waals surface area (Å²) < 4.78 is 7.33. The average Bonchev–Trinajstić information content (AvgIpc) is 3.59. The molecule has 5 aromatic rings. The predicted octanol–water partition coefficient (Wildman–Crippen LogP) is 7.43. The average molecular weight is 557 g/mol. The second-order valence-corrected chi connectivity index (χ2v) is 10.7. The first kappa shape index (κ1) is 26.3. The van der Waals surface area contributed by atoms with Gasteiger partial charge in [0.05, 0.1) is 29.8 Å². The smallest absolute Gasteiger partial charge is 0.280 e.